The van der Waals surface area contributed by atoms with Gasteiger partial charge in [0, 0.05) is 45.7 Å². The second kappa shape index (κ2) is 8.54. The number of nitrogens with zero attached hydrogens (tertiary/aromatic N) is 1. The van der Waals surface area contributed by atoms with Crippen LogP contribution in [0.1, 0.15) is 25.3 Å². The van der Waals surface area contributed by atoms with Crippen molar-refractivity contribution in [1.29, 1.82) is 0 Å². The first-order valence-electron chi connectivity index (χ1n) is 6.72. The van der Waals surface area contributed by atoms with E-state index in [1.165, 1.54) is 11.0 Å². The summed E-state index contributed by atoms with van der Waals surface area (Å²) >= 11 is 0. The van der Waals surface area contributed by atoms with Gasteiger partial charge in [-0.3, -0.25) is 4.79 Å². The van der Waals surface area contributed by atoms with Crippen LogP contribution in [0.2, 0.25) is 0 Å². The molecule has 6 heteroatoms. The minimum Gasteiger partial charge on any atom is -0.489 e. The number of allylic oxidation sites excluding steroid dienone is 1. The number of amides is 1. The Hall–Kier alpha value is -1.07. The van der Waals surface area contributed by atoms with Crippen molar-refractivity contribution in [3.05, 3.63) is 48.1 Å². The van der Waals surface area contributed by atoms with Crippen LogP contribution in [0.3, 0.4) is 0 Å². The van der Waals surface area contributed by atoms with Crippen LogP contribution in [0.4, 0.5) is 8.78 Å². The van der Waals surface area contributed by atoms with Crippen molar-refractivity contribution in [1.82, 2.24) is 4.90 Å². The third-order valence-corrected chi connectivity index (χ3v) is 3.14. The Labute approximate surface area is 153 Å². The summed E-state index contributed by atoms with van der Waals surface area (Å²) in [4.78, 5) is 13.2. The van der Waals surface area contributed by atoms with Crippen molar-refractivity contribution in [3.8, 4) is 5.75 Å². The third-order valence-electron chi connectivity index (χ3n) is 3.14. The van der Waals surface area contributed by atoms with Crippen molar-refractivity contribution < 1.29 is 51.0 Å². The first kappa shape index (κ1) is 19.0. The van der Waals surface area contributed by atoms with Gasteiger partial charge in [0.25, 0.3) is 0 Å². The van der Waals surface area contributed by atoms with Crippen LogP contribution in [-0.2, 0) is 37.5 Å². The zero-order chi connectivity index (χ0) is 15.4. The molecule has 0 N–H and O–H groups in total. The van der Waals surface area contributed by atoms with E-state index in [1.807, 2.05) is 0 Å². The third kappa shape index (κ3) is 4.02. The number of ether oxygens (including phenoxy) is 1. The van der Waals surface area contributed by atoms with Crippen LogP contribution in [0.5, 0.6) is 5.75 Å². The largest absolute Gasteiger partial charge is 0.489 e. The van der Waals surface area contributed by atoms with Gasteiger partial charge in [-0.1, -0.05) is 18.2 Å². The summed E-state index contributed by atoms with van der Waals surface area (Å²) in [7, 11) is 0. The number of hydrogen-bond acceptors (Lipinski definition) is 2. The van der Waals surface area contributed by atoms with E-state index in [0.717, 1.165) is 12.1 Å². The van der Waals surface area contributed by atoms with E-state index in [4.69, 9.17) is 4.74 Å². The predicted molar refractivity (Wildman–Crippen MR) is 75.3 cm³/mol. The van der Waals surface area contributed by atoms with E-state index < -0.39 is 11.6 Å². The van der Waals surface area contributed by atoms with Crippen molar-refractivity contribution >= 4 is 11.6 Å². The predicted octanol–water partition coefficient (Wildman–Crippen LogP) is 3.31. The van der Waals surface area contributed by atoms with E-state index >= 15 is 0 Å². The molecule has 1 aliphatic heterocycles. The Balaban J connectivity index is 0.00000242. The van der Waals surface area contributed by atoms with Gasteiger partial charge in [-0.2, -0.15) is 0 Å². The summed E-state index contributed by atoms with van der Waals surface area (Å²) in [5.41, 5.74) is -0.0742. The number of halogens is 2. The molecule has 0 atom stereocenters. The number of rotatable bonds is 5. The fourth-order valence-electron chi connectivity index (χ4n) is 2.22. The summed E-state index contributed by atoms with van der Waals surface area (Å²) < 4.78 is 33.6. The normalized spacial score (nSPS) is 14.2. The fraction of sp³-hybridized carbons (Fsp3) is 0.312. The monoisotopic (exact) mass is 381 g/mol. The first-order valence-corrected chi connectivity index (χ1v) is 6.72. The Morgan fingerprint density at radius 1 is 1.41 bits per heavy atom. The molecule has 1 radical (unpaired) electrons. The second-order valence-corrected chi connectivity index (χ2v) is 4.52. The summed E-state index contributed by atoms with van der Waals surface area (Å²) in [6.07, 6.45) is 5.05. The summed E-state index contributed by atoms with van der Waals surface area (Å²) in [6.45, 7) is 5.72. The number of hydrogen-bond donors (Lipinski definition) is 0. The van der Waals surface area contributed by atoms with Crippen molar-refractivity contribution in [3.63, 3.8) is 0 Å². The molecular weight excluding hydrogens is 365 g/mol. The molecule has 22 heavy (non-hydrogen) atoms. The van der Waals surface area contributed by atoms with Crippen LogP contribution in [0.25, 0.3) is 5.70 Å². The van der Waals surface area contributed by atoms with Gasteiger partial charge in [-0.15, -0.1) is 12.1 Å². The van der Waals surface area contributed by atoms with Crippen LogP contribution in [0.15, 0.2) is 24.8 Å². The number of benzene rings is 1. The summed E-state index contributed by atoms with van der Waals surface area (Å²) in [6, 6.07) is 2.20. The maximum Gasteiger partial charge on any atom is 0.223 e. The van der Waals surface area contributed by atoms with Gasteiger partial charge < -0.3 is 9.64 Å². The molecule has 1 aliphatic rings. The van der Waals surface area contributed by atoms with Gasteiger partial charge in [0.1, 0.15) is 12.4 Å². The molecule has 1 aromatic carbocycles. The van der Waals surface area contributed by atoms with Crippen LogP contribution >= 0.6 is 0 Å². The average Bonchev–Trinajstić information content (AvgIpc) is 2.44. The molecule has 2 rings (SSSR count). The molecule has 0 fully saturated rings. The van der Waals surface area contributed by atoms with Gasteiger partial charge in [0.2, 0.25) is 5.91 Å². The maximum absolute atomic E-state index is 14.2. The molecule has 1 aromatic rings. The smallest absolute Gasteiger partial charge is 0.223 e. The van der Waals surface area contributed by atoms with Crippen LogP contribution < -0.4 is 4.74 Å². The van der Waals surface area contributed by atoms with E-state index in [0.29, 0.717) is 19.4 Å². The maximum atomic E-state index is 14.2. The molecule has 0 aliphatic carbocycles. The van der Waals surface area contributed by atoms with Crippen LogP contribution in [0, 0.1) is 17.7 Å². The minimum atomic E-state index is -0.773. The molecule has 115 valence electrons. The SMILES string of the molecule is C=CCOc1cc(F)c(C2=[C-]CCC(=O)N2CC)c(F)c1.[Y]. The Bertz CT molecular complexity index is 579. The Morgan fingerprint density at radius 2 is 2.05 bits per heavy atom. The van der Waals surface area contributed by atoms with E-state index in [-0.39, 0.29) is 62.2 Å². The van der Waals surface area contributed by atoms with Gasteiger partial charge >= 0.3 is 0 Å². The molecule has 0 saturated heterocycles. The summed E-state index contributed by atoms with van der Waals surface area (Å²) in [5, 5.41) is 0. The topological polar surface area (TPSA) is 29.5 Å². The molecule has 0 unspecified atom stereocenters. The quantitative estimate of drug-likeness (QED) is 0.579. The molecular formula is C16H16F2NO2Y-. The Morgan fingerprint density at radius 3 is 2.59 bits per heavy atom. The fourth-order valence-corrected chi connectivity index (χ4v) is 2.22. The molecule has 0 bridgehead atoms. The zero-order valence-electron chi connectivity index (χ0n) is 12.4. The van der Waals surface area contributed by atoms with E-state index in [1.54, 1.807) is 6.92 Å². The average molecular weight is 381 g/mol. The van der Waals surface area contributed by atoms with Crippen molar-refractivity contribution in [2.75, 3.05) is 13.2 Å². The standard InChI is InChI=1S/C16H16F2NO2.Y/c1-3-8-21-11-9-12(17)16(13(18)10-11)14-6-5-7-15(20)19(14)4-2;/h3,9-10H,1,4-5,7-8H2,2H3;/q-1;. The molecule has 1 amide bonds. The Kier molecular flexibility index (Phi) is 7.36. The van der Waals surface area contributed by atoms with E-state index in [9.17, 15) is 13.6 Å². The van der Waals surface area contributed by atoms with Gasteiger partial charge in [-0.05, 0) is 19.1 Å². The zero-order valence-corrected chi connectivity index (χ0v) is 15.2. The molecule has 0 aromatic heterocycles. The van der Waals surface area contributed by atoms with Crippen molar-refractivity contribution in [2.24, 2.45) is 0 Å². The molecule has 0 saturated carbocycles. The van der Waals surface area contributed by atoms with Gasteiger partial charge in [0.15, 0.2) is 0 Å². The molecule has 3 nitrogen and oxygen atoms in total. The van der Waals surface area contributed by atoms with Crippen molar-refractivity contribution in [2.45, 2.75) is 19.8 Å². The van der Waals surface area contributed by atoms with Gasteiger partial charge in [-0.25, -0.2) is 14.9 Å². The summed E-state index contributed by atoms with van der Waals surface area (Å²) in [5.74, 6) is -1.62. The minimum absolute atomic E-state index is 0. The second-order valence-electron chi connectivity index (χ2n) is 4.52. The molecule has 0 spiro atoms. The van der Waals surface area contributed by atoms with Crippen LogP contribution in [-0.4, -0.2) is 24.0 Å². The number of carbonyl (C=O) groups excluding carboxylic acids is 1. The number of carbonyl (C=O) groups is 1. The van der Waals surface area contributed by atoms with E-state index in [2.05, 4.69) is 12.7 Å². The first-order chi connectivity index (χ1) is 10.1. The molecule has 1 heterocycles. The van der Waals surface area contributed by atoms with Gasteiger partial charge in [0.05, 0.1) is 11.6 Å².